The van der Waals surface area contributed by atoms with Crippen LogP contribution in [0.25, 0.3) is 0 Å². The molecule has 0 amide bonds. The van der Waals surface area contributed by atoms with Crippen LogP contribution in [-0.2, 0) is 6.54 Å². The molecule has 6 heteroatoms. The number of rotatable bonds is 5. The first-order valence-electron chi connectivity index (χ1n) is 8.15. The third-order valence-corrected chi connectivity index (χ3v) is 4.22. The largest absolute Gasteiger partial charge is 0.496 e. The number of halogens is 1. The molecule has 5 nitrogen and oxygen atoms in total. The van der Waals surface area contributed by atoms with Gasteiger partial charge in [0.05, 0.1) is 20.3 Å². The van der Waals surface area contributed by atoms with Crippen LogP contribution in [0.2, 0.25) is 0 Å². The van der Waals surface area contributed by atoms with Crippen molar-refractivity contribution < 1.29 is 9.47 Å². The zero-order valence-corrected chi connectivity index (χ0v) is 16.6. The lowest BCUT2D eigenvalue weighted by molar-refractivity contribution is 0.267. The number of nitrogens with two attached hydrogens (primary N) is 1. The maximum atomic E-state index is 6.02. The zero-order valence-electron chi connectivity index (χ0n) is 14.3. The summed E-state index contributed by atoms with van der Waals surface area (Å²) < 4.78 is 11.0. The third kappa shape index (κ3) is 5.01. The van der Waals surface area contributed by atoms with Crippen LogP contribution in [-0.4, -0.2) is 26.2 Å². The fraction of sp³-hybridized carbons (Fsp3) is 0.316. The molecule has 0 aromatic heterocycles. The SMILES string of the molecule is COc1ccccc1CN=C(N)NCC1CCOc2ccccc21.I. The van der Waals surface area contributed by atoms with E-state index in [1.807, 2.05) is 42.5 Å². The lowest BCUT2D eigenvalue weighted by Crippen LogP contribution is -2.36. The summed E-state index contributed by atoms with van der Waals surface area (Å²) in [5.41, 5.74) is 8.26. The number of aliphatic imine (C=N–C) groups is 1. The van der Waals surface area contributed by atoms with Gasteiger partial charge in [-0.1, -0.05) is 36.4 Å². The van der Waals surface area contributed by atoms with E-state index in [9.17, 15) is 0 Å². The van der Waals surface area contributed by atoms with Gasteiger partial charge in [-0.15, -0.1) is 24.0 Å². The normalized spacial score (nSPS) is 16.2. The van der Waals surface area contributed by atoms with Crippen LogP contribution in [0.3, 0.4) is 0 Å². The van der Waals surface area contributed by atoms with Crippen LogP contribution in [0.15, 0.2) is 53.5 Å². The van der Waals surface area contributed by atoms with Crippen LogP contribution < -0.4 is 20.5 Å². The molecule has 3 N–H and O–H groups in total. The third-order valence-electron chi connectivity index (χ3n) is 4.22. The van der Waals surface area contributed by atoms with Gasteiger partial charge in [-0.25, -0.2) is 4.99 Å². The predicted octanol–water partition coefficient (Wildman–Crippen LogP) is 3.28. The summed E-state index contributed by atoms with van der Waals surface area (Å²) in [5, 5.41) is 3.23. The molecule has 1 heterocycles. The van der Waals surface area contributed by atoms with Crippen LogP contribution in [0.1, 0.15) is 23.5 Å². The monoisotopic (exact) mass is 453 g/mol. The highest BCUT2D eigenvalue weighted by atomic mass is 127. The molecule has 134 valence electrons. The molecule has 2 aromatic rings. The predicted molar refractivity (Wildman–Crippen MR) is 111 cm³/mol. The fourth-order valence-electron chi connectivity index (χ4n) is 2.92. The molecular formula is C19H24IN3O2. The van der Waals surface area contributed by atoms with Gasteiger partial charge in [-0.2, -0.15) is 0 Å². The van der Waals surface area contributed by atoms with E-state index in [0.29, 0.717) is 18.4 Å². The first kappa shape index (κ1) is 19.4. The first-order valence-corrected chi connectivity index (χ1v) is 8.15. The number of nitrogens with zero attached hydrogens (tertiary/aromatic N) is 1. The van der Waals surface area contributed by atoms with E-state index in [2.05, 4.69) is 16.4 Å². The molecule has 0 radical (unpaired) electrons. The van der Waals surface area contributed by atoms with Crippen molar-refractivity contribution in [2.45, 2.75) is 18.9 Å². The van der Waals surface area contributed by atoms with Crippen molar-refractivity contribution in [1.82, 2.24) is 5.32 Å². The molecule has 1 aliphatic rings. The van der Waals surface area contributed by atoms with E-state index >= 15 is 0 Å². The Morgan fingerprint density at radius 2 is 2.00 bits per heavy atom. The molecule has 0 saturated carbocycles. The van der Waals surface area contributed by atoms with Gasteiger partial charge in [-0.3, -0.25) is 0 Å². The van der Waals surface area contributed by atoms with E-state index in [0.717, 1.165) is 36.6 Å². The Kier molecular flexibility index (Phi) is 7.36. The number of benzene rings is 2. The molecule has 1 unspecified atom stereocenters. The number of ether oxygens (including phenoxy) is 2. The van der Waals surface area contributed by atoms with Crippen molar-refractivity contribution in [3.8, 4) is 11.5 Å². The maximum Gasteiger partial charge on any atom is 0.188 e. The van der Waals surface area contributed by atoms with Gasteiger partial charge in [0.15, 0.2) is 5.96 Å². The Bertz CT molecular complexity index is 721. The second-order valence-electron chi connectivity index (χ2n) is 5.77. The first-order chi connectivity index (χ1) is 11.8. The Balaban J connectivity index is 0.00000225. The van der Waals surface area contributed by atoms with Crippen molar-refractivity contribution in [2.75, 3.05) is 20.3 Å². The number of guanidine groups is 1. The molecule has 25 heavy (non-hydrogen) atoms. The van der Waals surface area contributed by atoms with E-state index < -0.39 is 0 Å². The van der Waals surface area contributed by atoms with Crippen molar-refractivity contribution in [3.05, 3.63) is 59.7 Å². The highest BCUT2D eigenvalue weighted by Gasteiger charge is 2.20. The molecule has 0 fully saturated rings. The van der Waals surface area contributed by atoms with Gasteiger partial charge in [-0.05, 0) is 24.1 Å². The Morgan fingerprint density at radius 3 is 2.84 bits per heavy atom. The fourth-order valence-corrected chi connectivity index (χ4v) is 2.92. The molecule has 1 atom stereocenters. The van der Waals surface area contributed by atoms with Crippen molar-refractivity contribution in [2.24, 2.45) is 10.7 Å². The average molecular weight is 453 g/mol. The van der Waals surface area contributed by atoms with Gasteiger partial charge in [0.1, 0.15) is 11.5 Å². The Hall–Kier alpha value is -1.96. The van der Waals surface area contributed by atoms with Crippen LogP contribution in [0.5, 0.6) is 11.5 Å². The minimum Gasteiger partial charge on any atom is -0.496 e. The lowest BCUT2D eigenvalue weighted by atomic mass is 9.93. The van der Waals surface area contributed by atoms with Gasteiger partial charge >= 0.3 is 0 Å². The average Bonchev–Trinajstić information content (AvgIpc) is 2.64. The minimum absolute atomic E-state index is 0. The molecule has 2 aromatic carbocycles. The van der Waals surface area contributed by atoms with Crippen molar-refractivity contribution >= 4 is 29.9 Å². The quantitative estimate of drug-likeness (QED) is 0.414. The summed E-state index contributed by atoms with van der Waals surface area (Å²) >= 11 is 0. The van der Waals surface area contributed by atoms with E-state index in [4.69, 9.17) is 15.2 Å². The van der Waals surface area contributed by atoms with Crippen molar-refractivity contribution in [3.63, 3.8) is 0 Å². The second-order valence-corrected chi connectivity index (χ2v) is 5.77. The highest BCUT2D eigenvalue weighted by Crippen LogP contribution is 2.32. The topological polar surface area (TPSA) is 68.9 Å². The smallest absolute Gasteiger partial charge is 0.188 e. The highest BCUT2D eigenvalue weighted by molar-refractivity contribution is 14.0. The number of nitrogens with one attached hydrogen (secondary N) is 1. The van der Waals surface area contributed by atoms with E-state index in [1.54, 1.807) is 7.11 Å². The lowest BCUT2D eigenvalue weighted by Gasteiger charge is -2.26. The molecule has 0 spiro atoms. The van der Waals surface area contributed by atoms with Gasteiger partial charge < -0.3 is 20.5 Å². The molecular weight excluding hydrogens is 429 g/mol. The standard InChI is InChI=1S/C19H23N3O2.HI/c1-23-17-8-4-2-6-15(17)13-22-19(20)21-12-14-10-11-24-18-9-5-3-7-16(14)18;/h2-9,14H,10-13H2,1H3,(H3,20,21,22);1H. The molecule has 0 saturated heterocycles. The maximum absolute atomic E-state index is 6.02. The zero-order chi connectivity index (χ0) is 16.8. The molecule has 3 rings (SSSR count). The summed E-state index contributed by atoms with van der Waals surface area (Å²) in [6, 6.07) is 16.0. The molecule has 0 bridgehead atoms. The number of hydrogen-bond donors (Lipinski definition) is 2. The van der Waals surface area contributed by atoms with Gasteiger partial charge in [0, 0.05) is 18.0 Å². The van der Waals surface area contributed by atoms with Crippen LogP contribution in [0.4, 0.5) is 0 Å². The van der Waals surface area contributed by atoms with Crippen molar-refractivity contribution in [1.29, 1.82) is 0 Å². The van der Waals surface area contributed by atoms with Crippen LogP contribution >= 0.6 is 24.0 Å². The summed E-state index contributed by atoms with van der Waals surface area (Å²) in [5.74, 6) is 2.63. The van der Waals surface area contributed by atoms with Crippen LogP contribution in [0, 0.1) is 0 Å². The summed E-state index contributed by atoms with van der Waals surface area (Å²) in [6.45, 7) is 1.98. The number of para-hydroxylation sites is 2. The Labute approximate surface area is 165 Å². The molecule has 0 aliphatic carbocycles. The van der Waals surface area contributed by atoms with E-state index in [-0.39, 0.29) is 24.0 Å². The number of fused-ring (bicyclic) bond motifs is 1. The number of hydrogen-bond acceptors (Lipinski definition) is 3. The summed E-state index contributed by atoms with van der Waals surface area (Å²) in [6.07, 6.45) is 0.976. The minimum atomic E-state index is 0. The Morgan fingerprint density at radius 1 is 1.24 bits per heavy atom. The van der Waals surface area contributed by atoms with Gasteiger partial charge in [0.25, 0.3) is 0 Å². The summed E-state index contributed by atoms with van der Waals surface area (Å²) in [4.78, 5) is 4.42. The second kappa shape index (κ2) is 9.50. The van der Waals surface area contributed by atoms with E-state index in [1.165, 1.54) is 5.56 Å². The van der Waals surface area contributed by atoms with Gasteiger partial charge in [0.2, 0.25) is 0 Å². The molecule has 1 aliphatic heterocycles. The number of methoxy groups -OCH3 is 1. The summed E-state index contributed by atoms with van der Waals surface area (Å²) in [7, 11) is 1.66.